The van der Waals surface area contributed by atoms with E-state index in [1.54, 1.807) is 11.8 Å². The van der Waals surface area contributed by atoms with Crippen LogP contribution >= 0.6 is 11.8 Å². The smallest absolute Gasteiger partial charge is 0.396 e. The first-order chi connectivity index (χ1) is 6.13. The summed E-state index contributed by atoms with van der Waals surface area (Å²) in [5.74, 6) is 1.98. The molecular weight excluding hydrogens is 188 g/mol. The van der Waals surface area contributed by atoms with Gasteiger partial charge in [0.2, 0.25) is 0 Å². The van der Waals surface area contributed by atoms with E-state index in [0.29, 0.717) is 23.2 Å². The highest BCUT2D eigenvalue weighted by molar-refractivity contribution is 7.97. The van der Waals surface area contributed by atoms with Crippen molar-refractivity contribution in [2.45, 2.75) is 26.0 Å². The van der Waals surface area contributed by atoms with Gasteiger partial charge < -0.3 is 8.83 Å². The van der Waals surface area contributed by atoms with Crippen LogP contribution in [0.1, 0.15) is 25.4 Å². The molecule has 0 radical (unpaired) electrons. The molecule has 0 N–H and O–H groups in total. The molecule has 0 fully saturated rings. The fraction of sp³-hybridized carbons (Fsp3) is 0.667. The molecule has 13 heavy (non-hydrogen) atoms. The van der Waals surface area contributed by atoms with E-state index in [1.807, 2.05) is 6.26 Å². The minimum Gasteiger partial charge on any atom is -0.396 e. The molecule has 1 heterocycles. The molecule has 0 aliphatic carbocycles. The van der Waals surface area contributed by atoms with E-state index in [2.05, 4.69) is 13.8 Å². The maximum atomic E-state index is 10.8. The van der Waals surface area contributed by atoms with E-state index in [9.17, 15) is 4.79 Å². The number of hydrogen-bond acceptors (Lipinski definition) is 4. The first-order valence-electron chi connectivity index (χ1n) is 4.24. The molecule has 1 aromatic heterocycles. The Kier molecular flexibility index (Phi) is 3.66. The van der Waals surface area contributed by atoms with Crippen LogP contribution in [0.4, 0.5) is 0 Å². The molecular formula is C9H14O3S. The molecule has 0 aromatic carbocycles. The van der Waals surface area contributed by atoms with E-state index in [1.165, 1.54) is 0 Å². The van der Waals surface area contributed by atoms with Gasteiger partial charge in [-0.1, -0.05) is 13.8 Å². The second-order valence-corrected chi connectivity index (χ2v) is 4.20. The molecule has 74 valence electrons. The SMILES string of the molecule is CSCc1oc(=O)oc1CC(C)C. The summed E-state index contributed by atoms with van der Waals surface area (Å²) in [5, 5.41) is 0. The quantitative estimate of drug-likeness (QED) is 0.751. The van der Waals surface area contributed by atoms with Crippen LogP contribution in [0.25, 0.3) is 0 Å². The zero-order valence-electron chi connectivity index (χ0n) is 8.12. The summed E-state index contributed by atoms with van der Waals surface area (Å²) in [4.78, 5) is 10.8. The van der Waals surface area contributed by atoms with Crippen molar-refractivity contribution in [1.29, 1.82) is 0 Å². The van der Waals surface area contributed by atoms with Gasteiger partial charge in [-0.3, -0.25) is 0 Å². The Morgan fingerprint density at radius 1 is 1.31 bits per heavy atom. The number of thioether (sulfide) groups is 1. The van der Waals surface area contributed by atoms with Gasteiger partial charge in [0.15, 0.2) is 11.5 Å². The Morgan fingerprint density at radius 3 is 2.46 bits per heavy atom. The second-order valence-electron chi connectivity index (χ2n) is 3.33. The predicted molar refractivity (Wildman–Crippen MR) is 53.0 cm³/mol. The van der Waals surface area contributed by atoms with Crippen molar-refractivity contribution in [3.8, 4) is 0 Å². The summed E-state index contributed by atoms with van der Waals surface area (Å²) < 4.78 is 9.86. The van der Waals surface area contributed by atoms with E-state index in [0.717, 1.165) is 6.42 Å². The molecule has 0 saturated carbocycles. The van der Waals surface area contributed by atoms with Crippen molar-refractivity contribution in [3.05, 3.63) is 22.1 Å². The lowest BCUT2D eigenvalue weighted by Gasteiger charge is -2.00. The summed E-state index contributed by atoms with van der Waals surface area (Å²) in [6.45, 7) is 4.16. The molecule has 0 atom stereocenters. The Labute approximate surface area is 81.5 Å². The van der Waals surface area contributed by atoms with Crippen molar-refractivity contribution in [2.24, 2.45) is 5.92 Å². The van der Waals surface area contributed by atoms with Crippen LogP contribution in [0, 0.1) is 5.92 Å². The summed E-state index contributed by atoms with van der Waals surface area (Å²) in [5.41, 5.74) is 0. The van der Waals surface area contributed by atoms with Crippen molar-refractivity contribution in [3.63, 3.8) is 0 Å². The molecule has 4 heteroatoms. The van der Waals surface area contributed by atoms with Crippen LogP contribution in [0.3, 0.4) is 0 Å². The Balaban J connectivity index is 2.84. The highest BCUT2D eigenvalue weighted by Crippen LogP contribution is 2.16. The van der Waals surface area contributed by atoms with Gasteiger partial charge in [-0.15, -0.1) is 0 Å². The number of hydrogen-bond donors (Lipinski definition) is 0. The van der Waals surface area contributed by atoms with Crippen LogP contribution in [0.2, 0.25) is 0 Å². The van der Waals surface area contributed by atoms with Gasteiger partial charge in [-0.25, -0.2) is 4.79 Å². The third-order valence-corrected chi connectivity index (χ3v) is 2.14. The molecule has 0 aliphatic rings. The highest BCUT2D eigenvalue weighted by Gasteiger charge is 2.13. The minimum absolute atomic E-state index is 0.473. The number of rotatable bonds is 4. The molecule has 0 bridgehead atoms. The molecule has 1 rings (SSSR count). The second kappa shape index (κ2) is 4.56. The molecule has 0 spiro atoms. The van der Waals surface area contributed by atoms with Gasteiger partial charge in [-0.2, -0.15) is 11.8 Å². The van der Waals surface area contributed by atoms with Crippen LogP contribution < -0.4 is 5.82 Å². The van der Waals surface area contributed by atoms with Gasteiger partial charge in [0, 0.05) is 6.42 Å². The average molecular weight is 202 g/mol. The highest BCUT2D eigenvalue weighted by atomic mass is 32.2. The van der Waals surface area contributed by atoms with E-state index >= 15 is 0 Å². The summed E-state index contributed by atoms with van der Waals surface area (Å²) in [6.07, 6.45) is 2.73. The topological polar surface area (TPSA) is 43.4 Å². The zero-order valence-corrected chi connectivity index (χ0v) is 8.94. The zero-order chi connectivity index (χ0) is 9.84. The maximum absolute atomic E-state index is 10.8. The van der Waals surface area contributed by atoms with Crippen LogP contribution in [0.15, 0.2) is 13.6 Å². The Hall–Kier alpha value is -0.640. The standard InChI is InChI=1S/C9H14O3S/c1-6(2)4-7-8(5-13-3)12-9(10)11-7/h6H,4-5H2,1-3H3. The summed E-state index contributed by atoms with van der Waals surface area (Å²) in [6, 6.07) is 0. The van der Waals surface area contributed by atoms with E-state index < -0.39 is 5.82 Å². The minimum atomic E-state index is -0.584. The van der Waals surface area contributed by atoms with Crippen molar-refractivity contribution >= 4 is 11.8 Å². The fourth-order valence-electron chi connectivity index (χ4n) is 1.10. The molecule has 0 saturated heterocycles. The normalized spacial score (nSPS) is 11.1. The Bertz CT molecular complexity index is 311. The maximum Gasteiger partial charge on any atom is 0.519 e. The van der Waals surface area contributed by atoms with E-state index in [-0.39, 0.29) is 0 Å². The summed E-state index contributed by atoms with van der Waals surface area (Å²) in [7, 11) is 0. The molecule has 3 nitrogen and oxygen atoms in total. The third kappa shape index (κ3) is 2.95. The van der Waals surface area contributed by atoms with Gasteiger partial charge >= 0.3 is 5.82 Å². The van der Waals surface area contributed by atoms with Gasteiger partial charge in [-0.05, 0) is 12.2 Å². The van der Waals surface area contributed by atoms with Crippen LogP contribution in [-0.4, -0.2) is 6.26 Å². The first-order valence-corrected chi connectivity index (χ1v) is 5.63. The summed E-state index contributed by atoms with van der Waals surface area (Å²) >= 11 is 1.62. The lowest BCUT2D eigenvalue weighted by Crippen LogP contribution is -1.95. The van der Waals surface area contributed by atoms with E-state index in [4.69, 9.17) is 8.83 Å². The van der Waals surface area contributed by atoms with Gasteiger partial charge in [0.25, 0.3) is 0 Å². The van der Waals surface area contributed by atoms with Crippen molar-refractivity contribution < 1.29 is 8.83 Å². The molecule has 0 unspecified atom stereocenters. The first kappa shape index (κ1) is 10.4. The van der Waals surface area contributed by atoms with Crippen molar-refractivity contribution in [1.82, 2.24) is 0 Å². The van der Waals surface area contributed by atoms with Crippen LogP contribution in [-0.2, 0) is 12.2 Å². The predicted octanol–water partition coefficient (Wildman–Crippen LogP) is 2.29. The monoisotopic (exact) mass is 202 g/mol. The van der Waals surface area contributed by atoms with Crippen molar-refractivity contribution in [2.75, 3.05) is 6.26 Å². The lowest BCUT2D eigenvalue weighted by atomic mass is 10.1. The third-order valence-electron chi connectivity index (χ3n) is 1.59. The van der Waals surface area contributed by atoms with Gasteiger partial charge in [0.05, 0.1) is 5.75 Å². The molecule has 0 amide bonds. The molecule has 0 aliphatic heterocycles. The largest absolute Gasteiger partial charge is 0.519 e. The fourth-order valence-corrected chi connectivity index (χ4v) is 1.59. The van der Waals surface area contributed by atoms with Gasteiger partial charge in [0.1, 0.15) is 0 Å². The average Bonchev–Trinajstić information content (AvgIpc) is 2.31. The lowest BCUT2D eigenvalue weighted by molar-refractivity contribution is 0.364. The molecule has 1 aromatic rings. The Morgan fingerprint density at radius 2 is 1.92 bits per heavy atom. The van der Waals surface area contributed by atoms with Crippen LogP contribution in [0.5, 0.6) is 0 Å².